The lowest BCUT2D eigenvalue weighted by Gasteiger charge is -2.23. The highest BCUT2D eigenvalue weighted by molar-refractivity contribution is 7.22. The molecule has 0 radical (unpaired) electrons. The lowest BCUT2D eigenvalue weighted by Crippen LogP contribution is -2.29. The van der Waals surface area contributed by atoms with Gasteiger partial charge in [-0.1, -0.05) is 34.5 Å². The first-order valence-corrected chi connectivity index (χ1v) is 11.7. The summed E-state index contributed by atoms with van der Waals surface area (Å²) in [5.41, 5.74) is 0.842. The van der Waals surface area contributed by atoms with Gasteiger partial charge in [0.15, 0.2) is 5.13 Å². The largest absolute Gasteiger partial charge is 0.507 e. The van der Waals surface area contributed by atoms with Crippen LogP contribution in [0.5, 0.6) is 5.75 Å². The Morgan fingerprint density at radius 1 is 1.14 bits per heavy atom. The maximum Gasteiger partial charge on any atom is 0.301 e. The fourth-order valence-corrected chi connectivity index (χ4v) is 5.24. The molecule has 3 heterocycles. The molecule has 1 fully saturated rings. The quantitative estimate of drug-likeness (QED) is 0.205. The summed E-state index contributed by atoms with van der Waals surface area (Å²) in [5, 5.41) is 11.6. The third-order valence-corrected chi connectivity index (χ3v) is 7.05. The summed E-state index contributed by atoms with van der Waals surface area (Å²) in [5.74, 6) is -2.65. The van der Waals surface area contributed by atoms with Crippen LogP contribution in [0.25, 0.3) is 16.0 Å². The van der Waals surface area contributed by atoms with Crippen LogP contribution < -0.4 is 9.64 Å². The van der Waals surface area contributed by atoms with Crippen LogP contribution >= 0.6 is 34.5 Å². The first kappa shape index (κ1) is 23.2. The molecule has 7 nitrogen and oxygen atoms in total. The van der Waals surface area contributed by atoms with Crippen molar-refractivity contribution >= 4 is 67.3 Å². The van der Waals surface area contributed by atoms with Crippen molar-refractivity contribution in [2.24, 2.45) is 0 Å². The van der Waals surface area contributed by atoms with E-state index in [-0.39, 0.29) is 27.0 Å². The number of benzene rings is 2. The summed E-state index contributed by atoms with van der Waals surface area (Å²) < 4.78 is 19.8. The molecule has 0 saturated carbocycles. The number of carbonyl (C=O) groups is 2. The number of amides is 1. The normalized spacial score (nSPS) is 17.4. The van der Waals surface area contributed by atoms with E-state index in [0.29, 0.717) is 20.8 Å². The number of methoxy groups -OCH3 is 1. The lowest BCUT2D eigenvalue weighted by atomic mass is 9.96. The Morgan fingerprint density at radius 3 is 2.60 bits per heavy atom. The summed E-state index contributed by atoms with van der Waals surface area (Å²) in [4.78, 5) is 36.2. The van der Waals surface area contributed by atoms with Gasteiger partial charge in [0.1, 0.15) is 17.3 Å². The summed E-state index contributed by atoms with van der Waals surface area (Å²) in [6.07, 6.45) is 3.01. The van der Waals surface area contributed by atoms with Crippen molar-refractivity contribution < 1.29 is 23.8 Å². The Hall–Kier alpha value is -3.53. The van der Waals surface area contributed by atoms with Crippen molar-refractivity contribution in [2.45, 2.75) is 6.04 Å². The molecule has 2 aromatic heterocycles. The number of rotatable bonds is 4. The van der Waals surface area contributed by atoms with E-state index in [4.69, 9.17) is 27.9 Å². The van der Waals surface area contributed by atoms with E-state index in [1.54, 1.807) is 24.3 Å². The van der Waals surface area contributed by atoms with Gasteiger partial charge in [-0.15, -0.1) is 0 Å². The van der Waals surface area contributed by atoms with Gasteiger partial charge >= 0.3 is 5.91 Å². The Labute approximate surface area is 212 Å². The summed E-state index contributed by atoms with van der Waals surface area (Å²) in [6.45, 7) is 0. The molecular weight excluding hydrogens is 516 g/mol. The maximum absolute atomic E-state index is 14.0. The second kappa shape index (κ2) is 8.92. The number of aromatic nitrogens is 2. The summed E-state index contributed by atoms with van der Waals surface area (Å²) >= 11 is 13.0. The third-order valence-electron chi connectivity index (χ3n) is 5.51. The number of pyridine rings is 1. The topological polar surface area (TPSA) is 92.6 Å². The molecule has 1 aliphatic rings. The van der Waals surface area contributed by atoms with Gasteiger partial charge in [0.25, 0.3) is 5.78 Å². The van der Waals surface area contributed by atoms with Crippen molar-refractivity contribution in [2.75, 3.05) is 12.0 Å². The Morgan fingerprint density at radius 2 is 1.89 bits per heavy atom. The Kier molecular flexibility index (Phi) is 5.92. The Bertz CT molecular complexity index is 1500. The van der Waals surface area contributed by atoms with Gasteiger partial charge in [0, 0.05) is 17.4 Å². The molecule has 2 aromatic carbocycles. The number of ketones is 1. The SMILES string of the molecule is COc1ccc(Cl)cc1/C(O)=C1\C(=O)C(=O)N(c2nc3cc(Cl)c(F)cc3s2)C1c1ccncc1. The molecule has 0 bridgehead atoms. The van der Waals surface area contributed by atoms with E-state index in [2.05, 4.69) is 9.97 Å². The first-order valence-electron chi connectivity index (χ1n) is 10.1. The number of hydrogen-bond acceptors (Lipinski definition) is 7. The minimum Gasteiger partial charge on any atom is -0.507 e. The molecule has 176 valence electrons. The number of thiazole rings is 1. The number of ether oxygens (including phenoxy) is 1. The first-order chi connectivity index (χ1) is 16.8. The average molecular weight is 530 g/mol. The van der Waals surface area contributed by atoms with Crippen LogP contribution in [0.3, 0.4) is 0 Å². The molecule has 4 aromatic rings. The molecule has 1 unspecified atom stereocenters. The van der Waals surface area contributed by atoms with E-state index >= 15 is 0 Å². The van der Waals surface area contributed by atoms with Gasteiger partial charge in [-0.05, 0) is 48.0 Å². The molecule has 1 aliphatic heterocycles. The van der Waals surface area contributed by atoms with E-state index < -0.39 is 29.3 Å². The van der Waals surface area contributed by atoms with Crippen LogP contribution in [-0.2, 0) is 9.59 Å². The minimum atomic E-state index is -1.04. The predicted molar refractivity (Wildman–Crippen MR) is 132 cm³/mol. The van der Waals surface area contributed by atoms with Crippen molar-refractivity contribution in [3.8, 4) is 5.75 Å². The molecule has 11 heteroatoms. The van der Waals surface area contributed by atoms with Crippen molar-refractivity contribution in [3.63, 3.8) is 0 Å². The van der Waals surface area contributed by atoms with Crippen LogP contribution in [0.4, 0.5) is 9.52 Å². The molecule has 1 amide bonds. The van der Waals surface area contributed by atoms with Crippen LogP contribution in [0.1, 0.15) is 17.2 Å². The van der Waals surface area contributed by atoms with Gasteiger partial charge < -0.3 is 9.84 Å². The van der Waals surface area contributed by atoms with Crippen LogP contribution in [0.2, 0.25) is 10.0 Å². The average Bonchev–Trinajstić information content (AvgIpc) is 3.37. The van der Waals surface area contributed by atoms with E-state index in [1.807, 2.05) is 0 Å². The molecule has 35 heavy (non-hydrogen) atoms. The standard InChI is InChI=1S/C24H14Cl2FN3O4S/c1-34-17-3-2-12(25)8-13(17)21(31)19-20(11-4-6-28-7-5-11)30(23(33)22(19)32)24-29-16-9-14(26)15(27)10-18(16)35-24/h2-10,20,31H,1H3/b21-19+. The molecular formula is C24H14Cl2FN3O4S. The zero-order valence-corrected chi connectivity index (χ0v) is 20.2. The van der Waals surface area contributed by atoms with Crippen LogP contribution in [0.15, 0.2) is 60.4 Å². The van der Waals surface area contributed by atoms with E-state index in [9.17, 15) is 19.1 Å². The van der Waals surface area contributed by atoms with Crippen LogP contribution in [-0.4, -0.2) is 33.9 Å². The number of aliphatic hydroxyl groups is 1. The summed E-state index contributed by atoms with van der Waals surface area (Å²) in [6, 6.07) is 9.32. The highest BCUT2D eigenvalue weighted by Crippen LogP contribution is 2.45. The molecule has 5 rings (SSSR count). The number of anilines is 1. The number of hydrogen-bond donors (Lipinski definition) is 1. The number of Topliss-reactive ketones (excluding diaryl/α,β-unsaturated/α-hetero) is 1. The fourth-order valence-electron chi connectivity index (χ4n) is 3.92. The number of halogens is 3. The minimum absolute atomic E-state index is 0.116. The van der Waals surface area contributed by atoms with Gasteiger partial charge in [0.2, 0.25) is 0 Å². The van der Waals surface area contributed by atoms with Crippen LogP contribution in [0, 0.1) is 5.82 Å². The van der Waals surface area contributed by atoms with Gasteiger partial charge in [-0.3, -0.25) is 19.5 Å². The second-order valence-electron chi connectivity index (χ2n) is 7.52. The summed E-state index contributed by atoms with van der Waals surface area (Å²) in [7, 11) is 1.41. The Balaban J connectivity index is 1.75. The molecule has 1 N–H and O–H groups in total. The van der Waals surface area contributed by atoms with Crippen molar-refractivity contribution in [1.29, 1.82) is 0 Å². The fraction of sp³-hybridized carbons (Fsp3) is 0.0833. The molecule has 1 saturated heterocycles. The molecule has 0 spiro atoms. The maximum atomic E-state index is 14.0. The number of aliphatic hydroxyl groups excluding tert-OH is 1. The monoisotopic (exact) mass is 529 g/mol. The molecule has 0 aliphatic carbocycles. The second-order valence-corrected chi connectivity index (χ2v) is 9.38. The third kappa shape index (κ3) is 3.91. The highest BCUT2D eigenvalue weighted by atomic mass is 35.5. The smallest absolute Gasteiger partial charge is 0.301 e. The zero-order valence-electron chi connectivity index (χ0n) is 17.8. The molecule has 1 atom stereocenters. The highest BCUT2D eigenvalue weighted by Gasteiger charge is 2.48. The lowest BCUT2D eigenvalue weighted by molar-refractivity contribution is -0.132. The van der Waals surface area contributed by atoms with E-state index in [0.717, 1.165) is 11.3 Å². The van der Waals surface area contributed by atoms with Crippen molar-refractivity contribution in [3.05, 3.63) is 87.4 Å². The van der Waals surface area contributed by atoms with Gasteiger partial charge in [-0.25, -0.2) is 9.37 Å². The van der Waals surface area contributed by atoms with Crippen molar-refractivity contribution in [1.82, 2.24) is 9.97 Å². The van der Waals surface area contributed by atoms with Gasteiger partial charge in [0.05, 0.1) is 39.5 Å². The zero-order chi connectivity index (χ0) is 24.9. The van der Waals surface area contributed by atoms with Gasteiger partial charge in [-0.2, -0.15) is 0 Å². The number of carbonyl (C=O) groups excluding carboxylic acids is 2. The van der Waals surface area contributed by atoms with E-state index in [1.165, 1.54) is 42.6 Å². The number of fused-ring (bicyclic) bond motifs is 1. The predicted octanol–water partition coefficient (Wildman–Crippen LogP) is 5.77. The number of nitrogens with zero attached hydrogens (tertiary/aromatic N) is 3.